The molecule has 1 aromatic heterocycles. The lowest BCUT2D eigenvalue weighted by atomic mass is 10.1. The SMILES string of the molecule is CCCc1ccc(S(=O)(=O)N2CCC(n3cnnc3C)CC2)cc1. The fraction of sp³-hybridized carbons (Fsp3) is 0.529. The molecule has 0 saturated carbocycles. The van der Waals surface area contributed by atoms with Crippen molar-refractivity contribution in [2.45, 2.75) is 50.5 Å². The van der Waals surface area contributed by atoms with Gasteiger partial charge in [0.25, 0.3) is 0 Å². The third kappa shape index (κ3) is 3.37. The highest BCUT2D eigenvalue weighted by molar-refractivity contribution is 7.89. The summed E-state index contributed by atoms with van der Waals surface area (Å²) in [6.45, 7) is 5.10. The Balaban J connectivity index is 1.69. The molecular formula is C17H24N4O2S. The van der Waals surface area contributed by atoms with Gasteiger partial charge in [-0.05, 0) is 43.9 Å². The molecular weight excluding hydrogens is 324 g/mol. The minimum Gasteiger partial charge on any atom is -0.315 e. The number of aryl methyl sites for hydroxylation is 2. The summed E-state index contributed by atoms with van der Waals surface area (Å²) >= 11 is 0. The van der Waals surface area contributed by atoms with Gasteiger partial charge in [-0.1, -0.05) is 25.5 Å². The number of aromatic nitrogens is 3. The molecule has 0 spiro atoms. The van der Waals surface area contributed by atoms with Crippen LogP contribution in [0.15, 0.2) is 35.5 Å². The molecule has 24 heavy (non-hydrogen) atoms. The average molecular weight is 348 g/mol. The highest BCUT2D eigenvalue weighted by atomic mass is 32.2. The number of hydrogen-bond donors (Lipinski definition) is 0. The normalized spacial score (nSPS) is 17.2. The summed E-state index contributed by atoms with van der Waals surface area (Å²) in [5.74, 6) is 0.878. The molecule has 1 saturated heterocycles. The van der Waals surface area contributed by atoms with Gasteiger partial charge in [-0.25, -0.2) is 8.42 Å². The van der Waals surface area contributed by atoms with Crippen LogP contribution in [0.3, 0.4) is 0 Å². The molecule has 0 bridgehead atoms. The fourth-order valence-electron chi connectivity index (χ4n) is 3.29. The molecule has 0 unspecified atom stereocenters. The van der Waals surface area contributed by atoms with Gasteiger partial charge in [0.05, 0.1) is 4.90 Å². The van der Waals surface area contributed by atoms with Gasteiger partial charge in [-0.2, -0.15) is 4.31 Å². The van der Waals surface area contributed by atoms with Crippen molar-refractivity contribution in [3.63, 3.8) is 0 Å². The number of piperidine rings is 1. The topological polar surface area (TPSA) is 68.1 Å². The van der Waals surface area contributed by atoms with Crippen LogP contribution in [0.25, 0.3) is 0 Å². The predicted molar refractivity (Wildman–Crippen MR) is 92.2 cm³/mol. The van der Waals surface area contributed by atoms with E-state index in [1.165, 1.54) is 5.56 Å². The maximum atomic E-state index is 12.8. The van der Waals surface area contributed by atoms with Crippen molar-refractivity contribution in [3.8, 4) is 0 Å². The standard InChI is InChI=1S/C17H24N4O2S/c1-3-4-15-5-7-17(8-6-15)24(22,23)20-11-9-16(10-12-20)21-13-18-19-14(21)2/h5-8,13,16H,3-4,9-12H2,1-2H3. The zero-order valence-electron chi connectivity index (χ0n) is 14.2. The van der Waals surface area contributed by atoms with Crippen molar-refractivity contribution in [3.05, 3.63) is 42.0 Å². The molecule has 0 atom stereocenters. The van der Waals surface area contributed by atoms with Gasteiger partial charge in [0, 0.05) is 19.1 Å². The third-order valence-corrected chi connectivity index (χ3v) is 6.58. The molecule has 0 radical (unpaired) electrons. The Morgan fingerprint density at radius 2 is 1.83 bits per heavy atom. The second kappa shape index (κ2) is 7.03. The summed E-state index contributed by atoms with van der Waals surface area (Å²) < 4.78 is 29.3. The Kier molecular flexibility index (Phi) is 5.01. The van der Waals surface area contributed by atoms with Gasteiger partial charge in [0.1, 0.15) is 12.2 Å². The molecule has 6 nitrogen and oxygen atoms in total. The molecule has 1 aromatic carbocycles. The average Bonchev–Trinajstić information content (AvgIpc) is 3.02. The Labute approximate surface area is 143 Å². The minimum absolute atomic E-state index is 0.276. The van der Waals surface area contributed by atoms with Crippen LogP contribution in [-0.4, -0.2) is 40.6 Å². The smallest absolute Gasteiger partial charge is 0.243 e. The van der Waals surface area contributed by atoms with Gasteiger partial charge < -0.3 is 4.57 Å². The summed E-state index contributed by atoms with van der Waals surface area (Å²) in [5, 5.41) is 7.93. The number of sulfonamides is 1. The molecule has 2 aromatic rings. The Bertz CT molecular complexity index is 775. The van der Waals surface area contributed by atoms with Crippen LogP contribution in [0.4, 0.5) is 0 Å². The van der Waals surface area contributed by atoms with Crippen LogP contribution in [0, 0.1) is 6.92 Å². The number of hydrogen-bond acceptors (Lipinski definition) is 4. The molecule has 0 amide bonds. The molecule has 1 aliphatic heterocycles. The lowest BCUT2D eigenvalue weighted by Gasteiger charge is -2.32. The first-order valence-corrected chi connectivity index (χ1v) is 9.91. The van der Waals surface area contributed by atoms with Crippen molar-refractivity contribution in [1.29, 1.82) is 0 Å². The lowest BCUT2D eigenvalue weighted by Crippen LogP contribution is -2.39. The Morgan fingerprint density at radius 1 is 1.17 bits per heavy atom. The van der Waals surface area contributed by atoms with Crippen LogP contribution < -0.4 is 0 Å². The monoisotopic (exact) mass is 348 g/mol. The van der Waals surface area contributed by atoms with E-state index in [0.29, 0.717) is 18.0 Å². The van der Waals surface area contributed by atoms with E-state index < -0.39 is 10.0 Å². The highest BCUT2D eigenvalue weighted by Gasteiger charge is 2.30. The van der Waals surface area contributed by atoms with Gasteiger partial charge in [0.15, 0.2) is 0 Å². The quantitative estimate of drug-likeness (QED) is 0.833. The molecule has 3 rings (SSSR count). The van der Waals surface area contributed by atoms with Crippen LogP contribution in [0.1, 0.15) is 43.6 Å². The van der Waals surface area contributed by atoms with Gasteiger partial charge in [0.2, 0.25) is 10.0 Å². The van der Waals surface area contributed by atoms with Crippen molar-refractivity contribution < 1.29 is 8.42 Å². The van der Waals surface area contributed by atoms with E-state index in [9.17, 15) is 8.42 Å². The van der Waals surface area contributed by atoms with Gasteiger partial charge in [-0.15, -0.1) is 10.2 Å². The van der Waals surface area contributed by atoms with E-state index in [4.69, 9.17) is 0 Å². The van der Waals surface area contributed by atoms with E-state index in [0.717, 1.165) is 31.5 Å². The summed E-state index contributed by atoms with van der Waals surface area (Å²) in [7, 11) is -3.40. The van der Waals surface area contributed by atoms with E-state index in [-0.39, 0.29) is 6.04 Å². The summed E-state index contributed by atoms with van der Waals surface area (Å²) in [6, 6.07) is 7.58. The van der Waals surface area contributed by atoms with Crippen LogP contribution in [0.2, 0.25) is 0 Å². The maximum Gasteiger partial charge on any atom is 0.243 e. The van der Waals surface area contributed by atoms with E-state index >= 15 is 0 Å². The van der Waals surface area contributed by atoms with Crippen molar-refractivity contribution in [2.75, 3.05) is 13.1 Å². The number of nitrogens with zero attached hydrogens (tertiary/aromatic N) is 4. The largest absolute Gasteiger partial charge is 0.315 e. The Hall–Kier alpha value is -1.73. The fourth-order valence-corrected chi connectivity index (χ4v) is 4.75. The number of rotatable bonds is 5. The second-order valence-corrected chi connectivity index (χ2v) is 8.25. The first kappa shape index (κ1) is 17.1. The van der Waals surface area contributed by atoms with E-state index in [1.54, 1.807) is 22.8 Å². The third-order valence-electron chi connectivity index (χ3n) is 4.67. The van der Waals surface area contributed by atoms with E-state index in [1.807, 2.05) is 23.6 Å². The Morgan fingerprint density at radius 3 is 2.38 bits per heavy atom. The molecule has 1 fully saturated rings. The molecule has 0 N–H and O–H groups in total. The number of benzene rings is 1. The molecule has 0 aliphatic carbocycles. The summed E-state index contributed by atoms with van der Waals surface area (Å²) in [4.78, 5) is 0.390. The van der Waals surface area contributed by atoms with Gasteiger partial charge in [-0.3, -0.25) is 0 Å². The highest BCUT2D eigenvalue weighted by Crippen LogP contribution is 2.27. The molecule has 1 aliphatic rings. The van der Waals surface area contributed by atoms with Crippen molar-refractivity contribution >= 4 is 10.0 Å². The van der Waals surface area contributed by atoms with E-state index in [2.05, 4.69) is 17.1 Å². The zero-order valence-corrected chi connectivity index (χ0v) is 15.0. The first-order valence-electron chi connectivity index (χ1n) is 8.47. The summed E-state index contributed by atoms with van der Waals surface area (Å²) in [6.07, 6.45) is 5.33. The van der Waals surface area contributed by atoms with Crippen molar-refractivity contribution in [2.24, 2.45) is 0 Å². The predicted octanol–water partition coefficient (Wildman–Crippen LogP) is 2.56. The van der Waals surface area contributed by atoms with Crippen LogP contribution in [0.5, 0.6) is 0 Å². The molecule has 2 heterocycles. The van der Waals surface area contributed by atoms with Crippen molar-refractivity contribution in [1.82, 2.24) is 19.1 Å². The van der Waals surface area contributed by atoms with Crippen LogP contribution >= 0.6 is 0 Å². The van der Waals surface area contributed by atoms with Crippen LogP contribution in [-0.2, 0) is 16.4 Å². The minimum atomic E-state index is -3.40. The summed E-state index contributed by atoms with van der Waals surface area (Å²) in [5.41, 5.74) is 1.18. The lowest BCUT2D eigenvalue weighted by molar-refractivity contribution is 0.271. The zero-order chi connectivity index (χ0) is 17.2. The maximum absolute atomic E-state index is 12.8. The molecule has 7 heteroatoms. The second-order valence-electron chi connectivity index (χ2n) is 6.31. The first-order chi connectivity index (χ1) is 11.5. The van der Waals surface area contributed by atoms with Gasteiger partial charge >= 0.3 is 0 Å². The molecule has 130 valence electrons.